The summed E-state index contributed by atoms with van der Waals surface area (Å²) in [5.74, 6) is 0. The van der Waals surface area contributed by atoms with Crippen LogP contribution < -0.4 is 5.32 Å². The number of benzene rings is 1. The molecule has 0 radical (unpaired) electrons. The lowest BCUT2D eigenvalue weighted by Crippen LogP contribution is -2.12. The Labute approximate surface area is 110 Å². The minimum Gasteiger partial charge on any atom is -0.309 e. The van der Waals surface area contributed by atoms with E-state index in [4.69, 9.17) is 0 Å². The number of nitrogens with one attached hydrogen (secondary N) is 1. The lowest BCUT2D eigenvalue weighted by molar-refractivity contribution is 0.691. The van der Waals surface area contributed by atoms with Crippen LogP contribution in [-0.4, -0.2) is 9.78 Å². The van der Waals surface area contributed by atoms with Gasteiger partial charge in [-0.1, -0.05) is 28.1 Å². The Balaban J connectivity index is 1.87. The Hall–Kier alpha value is -1.13. The van der Waals surface area contributed by atoms with Crippen molar-refractivity contribution in [1.82, 2.24) is 15.1 Å². The van der Waals surface area contributed by atoms with E-state index < -0.39 is 0 Å². The minimum atomic E-state index is 0.850. The van der Waals surface area contributed by atoms with Gasteiger partial charge >= 0.3 is 0 Å². The summed E-state index contributed by atoms with van der Waals surface area (Å²) in [6.07, 6.45) is 3.92. The fraction of sp³-hybridized carbons (Fsp3) is 0.308. The second-order valence-electron chi connectivity index (χ2n) is 4.21. The van der Waals surface area contributed by atoms with Crippen molar-refractivity contribution < 1.29 is 0 Å². The molecule has 1 heterocycles. The fourth-order valence-electron chi connectivity index (χ4n) is 1.73. The van der Waals surface area contributed by atoms with E-state index in [9.17, 15) is 0 Å². The SMILES string of the molecule is Cc1cc(CNCc2cnn(C)c2)ccc1Br. The highest BCUT2D eigenvalue weighted by molar-refractivity contribution is 9.10. The van der Waals surface area contributed by atoms with Crippen LogP contribution in [0.15, 0.2) is 35.1 Å². The molecule has 0 unspecified atom stereocenters. The molecule has 0 aliphatic rings. The fourth-order valence-corrected chi connectivity index (χ4v) is 1.98. The zero-order valence-electron chi connectivity index (χ0n) is 10.1. The Morgan fingerprint density at radius 3 is 2.71 bits per heavy atom. The molecule has 4 heteroatoms. The summed E-state index contributed by atoms with van der Waals surface area (Å²) in [6, 6.07) is 6.42. The van der Waals surface area contributed by atoms with E-state index in [0.717, 1.165) is 17.6 Å². The molecular formula is C13H16BrN3. The molecule has 2 rings (SSSR count). The molecule has 0 bridgehead atoms. The third-order valence-electron chi connectivity index (χ3n) is 2.64. The number of hydrogen-bond acceptors (Lipinski definition) is 2. The van der Waals surface area contributed by atoms with Gasteiger partial charge in [0.1, 0.15) is 0 Å². The molecule has 1 aromatic heterocycles. The molecule has 0 spiro atoms. The Bertz CT molecular complexity index is 505. The normalized spacial score (nSPS) is 10.8. The molecule has 1 N–H and O–H groups in total. The van der Waals surface area contributed by atoms with Crippen molar-refractivity contribution in [3.8, 4) is 0 Å². The van der Waals surface area contributed by atoms with Gasteiger partial charge in [0.15, 0.2) is 0 Å². The molecule has 1 aromatic carbocycles. The van der Waals surface area contributed by atoms with E-state index in [1.807, 2.05) is 24.1 Å². The lowest BCUT2D eigenvalue weighted by Gasteiger charge is -2.05. The van der Waals surface area contributed by atoms with Crippen molar-refractivity contribution in [1.29, 1.82) is 0 Å². The Kier molecular flexibility index (Phi) is 3.97. The molecule has 0 atom stereocenters. The molecule has 90 valence electrons. The molecule has 17 heavy (non-hydrogen) atoms. The summed E-state index contributed by atoms with van der Waals surface area (Å²) in [5.41, 5.74) is 3.78. The van der Waals surface area contributed by atoms with Gasteiger partial charge in [0.2, 0.25) is 0 Å². The van der Waals surface area contributed by atoms with Gasteiger partial charge in [0, 0.05) is 36.4 Å². The first-order chi connectivity index (χ1) is 8.15. The highest BCUT2D eigenvalue weighted by atomic mass is 79.9. The predicted octanol–water partition coefficient (Wildman–Crippen LogP) is 2.78. The van der Waals surface area contributed by atoms with Gasteiger partial charge < -0.3 is 5.32 Å². The van der Waals surface area contributed by atoms with Crippen LogP contribution in [0.5, 0.6) is 0 Å². The average molecular weight is 294 g/mol. The van der Waals surface area contributed by atoms with Crippen LogP contribution in [-0.2, 0) is 20.1 Å². The van der Waals surface area contributed by atoms with E-state index >= 15 is 0 Å². The zero-order valence-corrected chi connectivity index (χ0v) is 11.7. The van der Waals surface area contributed by atoms with E-state index in [1.54, 1.807) is 0 Å². The Morgan fingerprint density at radius 2 is 2.06 bits per heavy atom. The second-order valence-corrected chi connectivity index (χ2v) is 5.06. The van der Waals surface area contributed by atoms with Crippen LogP contribution >= 0.6 is 15.9 Å². The number of rotatable bonds is 4. The van der Waals surface area contributed by atoms with Crippen LogP contribution in [0.1, 0.15) is 16.7 Å². The van der Waals surface area contributed by atoms with Crippen molar-refractivity contribution in [2.24, 2.45) is 7.05 Å². The van der Waals surface area contributed by atoms with Crippen molar-refractivity contribution in [2.75, 3.05) is 0 Å². The van der Waals surface area contributed by atoms with Gasteiger partial charge in [0.25, 0.3) is 0 Å². The largest absolute Gasteiger partial charge is 0.309 e. The maximum absolute atomic E-state index is 4.14. The molecule has 0 fully saturated rings. The molecule has 0 saturated heterocycles. The second kappa shape index (κ2) is 5.47. The third kappa shape index (κ3) is 3.41. The van der Waals surface area contributed by atoms with Gasteiger partial charge in [-0.15, -0.1) is 0 Å². The van der Waals surface area contributed by atoms with Crippen LogP contribution in [0, 0.1) is 6.92 Å². The summed E-state index contributed by atoms with van der Waals surface area (Å²) in [6.45, 7) is 3.83. The van der Waals surface area contributed by atoms with Gasteiger partial charge in [-0.2, -0.15) is 5.10 Å². The number of nitrogens with zero attached hydrogens (tertiary/aromatic N) is 2. The van der Waals surface area contributed by atoms with E-state index in [0.29, 0.717) is 0 Å². The number of hydrogen-bond donors (Lipinski definition) is 1. The first-order valence-electron chi connectivity index (χ1n) is 5.58. The van der Waals surface area contributed by atoms with Crippen molar-refractivity contribution in [2.45, 2.75) is 20.0 Å². The first kappa shape index (κ1) is 12.3. The zero-order chi connectivity index (χ0) is 12.3. The highest BCUT2D eigenvalue weighted by Crippen LogP contribution is 2.16. The summed E-state index contributed by atoms with van der Waals surface area (Å²) in [7, 11) is 1.93. The van der Waals surface area contributed by atoms with Crippen LogP contribution in [0.25, 0.3) is 0 Å². The minimum absolute atomic E-state index is 0.850. The van der Waals surface area contributed by atoms with Crippen LogP contribution in [0.3, 0.4) is 0 Å². The topological polar surface area (TPSA) is 29.9 Å². The standard InChI is InChI=1S/C13H16BrN3/c1-10-5-11(3-4-13(10)14)6-15-7-12-8-16-17(2)9-12/h3-5,8-9,15H,6-7H2,1-2H3. The molecule has 0 amide bonds. The summed E-state index contributed by atoms with van der Waals surface area (Å²) in [4.78, 5) is 0. The van der Waals surface area contributed by atoms with Gasteiger partial charge in [0.05, 0.1) is 6.20 Å². The maximum atomic E-state index is 4.14. The highest BCUT2D eigenvalue weighted by Gasteiger charge is 1.99. The maximum Gasteiger partial charge on any atom is 0.0534 e. The van der Waals surface area contributed by atoms with Crippen LogP contribution in [0.4, 0.5) is 0 Å². The smallest absolute Gasteiger partial charge is 0.0534 e. The summed E-state index contributed by atoms with van der Waals surface area (Å²) >= 11 is 3.51. The van der Waals surface area contributed by atoms with Crippen LogP contribution in [0.2, 0.25) is 0 Å². The number of aromatic nitrogens is 2. The summed E-state index contributed by atoms with van der Waals surface area (Å²) < 4.78 is 2.98. The monoisotopic (exact) mass is 293 g/mol. The molecular weight excluding hydrogens is 278 g/mol. The molecule has 0 aliphatic carbocycles. The van der Waals surface area contributed by atoms with Crippen molar-refractivity contribution >= 4 is 15.9 Å². The molecule has 0 saturated carbocycles. The quantitative estimate of drug-likeness (QED) is 0.939. The van der Waals surface area contributed by atoms with Gasteiger partial charge in [-0.3, -0.25) is 4.68 Å². The lowest BCUT2D eigenvalue weighted by atomic mass is 10.1. The van der Waals surface area contributed by atoms with E-state index in [2.05, 4.69) is 51.5 Å². The van der Waals surface area contributed by atoms with Crippen molar-refractivity contribution in [3.63, 3.8) is 0 Å². The van der Waals surface area contributed by atoms with E-state index in [-0.39, 0.29) is 0 Å². The molecule has 2 aromatic rings. The molecule has 3 nitrogen and oxygen atoms in total. The molecule has 0 aliphatic heterocycles. The predicted molar refractivity (Wildman–Crippen MR) is 72.6 cm³/mol. The number of aryl methyl sites for hydroxylation is 2. The average Bonchev–Trinajstić information content (AvgIpc) is 2.70. The Morgan fingerprint density at radius 1 is 1.29 bits per heavy atom. The van der Waals surface area contributed by atoms with Crippen molar-refractivity contribution in [3.05, 3.63) is 51.8 Å². The number of halogens is 1. The van der Waals surface area contributed by atoms with Gasteiger partial charge in [-0.05, 0) is 24.1 Å². The third-order valence-corrected chi connectivity index (χ3v) is 3.53. The van der Waals surface area contributed by atoms with Gasteiger partial charge in [-0.25, -0.2) is 0 Å². The summed E-state index contributed by atoms with van der Waals surface area (Å²) in [5, 5.41) is 7.55. The first-order valence-corrected chi connectivity index (χ1v) is 6.38. The van der Waals surface area contributed by atoms with E-state index in [1.165, 1.54) is 16.7 Å².